The van der Waals surface area contributed by atoms with Crippen molar-refractivity contribution in [3.05, 3.63) is 0 Å². The van der Waals surface area contributed by atoms with Gasteiger partial charge in [-0.15, -0.1) is 0 Å². The molecule has 1 aliphatic rings. The minimum atomic E-state index is 0.0104. The Labute approximate surface area is 53.9 Å². The molecule has 0 saturated carbocycles. The molecule has 9 heavy (non-hydrogen) atoms. The van der Waals surface area contributed by atoms with Gasteiger partial charge in [-0.05, 0) is 0 Å². The first-order valence-electron chi connectivity index (χ1n) is 3.06. The highest BCUT2D eigenvalue weighted by Gasteiger charge is 2.12. The van der Waals surface area contributed by atoms with Crippen molar-refractivity contribution in [2.75, 3.05) is 19.8 Å². The SMILES string of the molecule is O=CC[C@H]1COCCO1. The Kier molecular flexibility index (Phi) is 2.67. The molecule has 0 bridgehead atoms. The van der Waals surface area contributed by atoms with Gasteiger partial charge in [0.15, 0.2) is 0 Å². The average Bonchev–Trinajstić information content (AvgIpc) is 1.91. The third kappa shape index (κ3) is 2.11. The molecule has 0 aromatic carbocycles. The quantitative estimate of drug-likeness (QED) is 0.493. The zero-order valence-corrected chi connectivity index (χ0v) is 5.21. The predicted molar refractivity (Wildman–Crippen MR) is 31.2 cm³/mol. The maximum absolute atomic E-state index is 9.94. The largest absolute Gasteiger partial charge is 0.376 e. The number of carbonyl (C=O) groups excluding carboxylic acids is 1. The summed E-state index contributed by atoms with van der Waals surface area (Å²) in [6.07, 6.45) is 1.33. The van der Waals surface area contributed by atoms with Gasteiger partial charge in [-0.1, -0.05) is 0 Å². The van der Waals surface area contributed by atoms with E-state index in [2.05, 4.69) is 0 Å². The van der Waals surface area contributed by atoms with Crippen LogP contribution in [0.2, 0.25) is 0 Å². The van der Waals surface area contributed by atoms with Crippen LogP contribution in [0.1, 0.15) is 6.42 Å². The van der Waals surface area contributed by atoms with Crippen molar-refractivity contribution in [1.29, 1.82) is 0 Å². The number of aldehydes is 1. The number of hydrogen-bond donors (Lipinski definition) is 0. The zero-order chi connectivity index (χ0) is 6.53. The number of carbonyl (C=O) groups is 1. The highest BCUT2D eigenvalue weighted by molar-refractivity contribution is 5.50. The lowest BCUT2D eigenvalue weighted by Gasteiger charge is -2.20. The van der Waals surface area contributed by atoms with Gasteiger partial charge >= 0.3 is 0 Å². The van der Waals surface area contributed by atoms with E-state index in [0.717, 1.165) is 6.29 Å². The van der Waals surface area contributed by atoms with Crippen molar-refractivity contribution in [2.24, 2.45) is 0 Å². The first kappa shape index (κ1) is 6.71. The second-order valence-corrected chi connectivity index (χ2v) is 1.97. The summed E-state index contributed by atoms with van der Waals surface area (Å²) in [6.45, 7) is 1.85. The van der Waals surface area contributed by atoms with Gasteiger partial charge in [-0.25, -0.2) is 0 Å². The molecule has 3 nitrogen and oxygen atoms in total. The van der Waals surface area contributed by atoms with Crippen LogP contribution in [-0.4, -0.2) is 32.2 Å². The van der Waals surface area contributed by atoms with Crippen LogP contribution in [0.15, 0.2) is 0 Å². The normalized spacial score (nSPS) is 27.8. The van der Waals surface area contributed by atoms with E-state index in [0.29, 0.717) is 26.2 Å². The molecule has 0 aliphatic carbocycles. The van der Waals surface area contributed by atoms with Crippen LogP contribution in [0.25, 0.3) is 0 Å². The molecule has 1 heterocycles. The highest BCUT2D eigenvalue weighted by atomic mass is 16.6. The van der Waals surface area contributed by atoms with Crippen LogP contribution in [0.5, 0.6) is 0 Å². The first-order chi connectivity index (χ1) is 4.43. The molecule has 1 aliphatic heterocycles. The molecule has 52 valence electrons. The molecule has 1 atom stereocenters. The molecule has 1 fully saturated rings. The molecule has 0 unspecified atom stereocenters. The lowest BCUT2D eigenvalue weighted by atomic mass is 10.3. The summed E-state index contributed by atoms with van der Waals surface area (Å²) < 4.78 is 10.2. The maximum Gasteiger partial charge on any atom is 0.122 e. The van der Waals surface area contributed by atoms with E-state index in [9.17, 15) is 4.79 Å². The summed E-state index contributed by atoms with van der Waals surface area (Å²) in [4.78, 5) is 9.94. The lowest BCUT2D eigenvalue weighted by Crippen LogP contribution is -2.28. The molecule has 0 radical (unpaired) electrons. The fourth-order valence-electron chi connectivity index (χ4n) is 0.780. The van der Waals surface area contributed by atoms with Gasteiger partial charge in [0.25, 0.3) is 0 Å². The van der Waals surface area contributed by atoms with E-state index >= 15 is 0 Å². The molecular formula is C6H10O3. The van der Waals surface area contributed by atoms with E-state index in [1.807, 2.05) is 0 Å². The van der Waals surface area contributed by atoms with Gasteiger partial charge in [-0.2, -0.15) is 0 Å². The molecule has 1 rings (SSSR count). The van der Waals surface area contributed by atoms with Crippen molar-refractivity contribution in [1.82, 2.24) is 0 Å². The summed E-state index contributed by atoms with van der Waals surface area (Å²) in [6, 6.07) is 0. The molecule has 3 heteroatoms. The number of rotatable bonds is 2. The first-order valence-corrected chi connectivity index (χ1v) is 3.06. The predicted octanol–water partition coefficient (Wildman–Crippen LogP) is -0.00920. The van der Waals surface area contributed by atoms with E-state index < -0.39 is 0 Å². The Bertz CT molecular complexity index is 86.3. The minimum absolute atomic E-state index is 0.0104. The lowest BCUT2D eigenvalue weighted by molar-refractivity contribution is -0.119. The van der Waals surface area contributed by atoms with Crippen LogP contribution >= 0.6 is 0 Å². The maximum atomic E-state index is 9.94. The third-order valence-corrected chi connectivity index (χ3v) is 1.24. The summed E-state index contributed by atoms with van der Waals surface area (Å²) in [5.41, 5.74) is 0. The molecule has 1 saturated heterocycles. The van der Waals surface area contributed by atoms with E-state index in [1.54, 1.807) is 0 Å². The molecule has 0 aromatic heterocycles. The summed E-state index contributed by atoms with van der Waals surface area (Å²) in [7, 11) is 0. The third-order valence-electron chi connectivity index (χ3n) is 1.24. The van der Waals surface area contributed by atoms with Gasteiger partial charge in [0, 0.05) is 6.42 Å². The van der Waals surface area contributed by atoms with Gasteiger partial charge in [0.05, 0.1) is 25.9 Å². The topological polar surface area (TPSA) is 35.5 Å². The second kappa shape index (κ2) is 3.58. The van der Waals surface area contributed by atoms with Crippen LogP contribution in [0, 0.1) is 0 Å². The minimum Gasteiger partial charge on any atom is -0.376 e. The van der Waals surface area contributed by atoms with Gasteiger partial charge < -0.3 is 14.3 Å². The Balaban J connectivity index is 2.15. The Morgan fingerprint density at radius 2 is 2.44 bits per heavy atom. The summed E-state index contributed by atoms with van der Waals surface area (Å²) >= 11 is 0. The van der Waals surface area contributed by atoms with Crippen molar-refractivity contribution >= 4 is 6.29 Å². The van der Waals surface area contributed by atoms with Crippen LogP contribution < -0.4 is 0 Å². The van der Waals surface area contributed by atoms with Crippen LogP contribution in [0.3, 0.4) is 0 Å². The summed E-state index contributed by atoms with van der Waals surface area (Å²) in [5, 5.41) is 0. The molecule has 0 aromatic rings. The standard InChI is InChI=1S/C6H10O3/c7-2-1-6-5-8-3-4-9-6/h2,6H,1,3-5H2/t6-/m0/s1. The van der Waals surface area contributed by atoms with E-state index in [4.69, 9.17) is 9.47 Å². The Morgan fingerprint density at radius 3 is 3.00 bits per heavy atom. The van der Waals surface area contributed by atoms with Crippen LogP contribution in [0.4, 0.5) is 0 Å². The number of hydrogen-bond acceptors (Lipinski definition) is 3. The molecule has 0 amide bonds. The zero-order valence-electron chi connectivity index (χ0n) is 5.21. The monoisotopic (exact) mass is 130 g/mol. The van der Waals surface area contributed by atoms with E-state index in [1.165, 1.54) is 0 Å². The molecule has 0 N–H and O–H groups in total. The van der Waals surface area contributed by atoms with Crippen LogP contribution in [-0.2, 0) is 14.3 Å². The Hall–Kier alpha value is -0.410. The molecular weight excluding hydrogens is 120 g/mol. The smallest absolute Gasteiger partial charge is 0.122 e. The van der Waals surface area contributed by atoms with Crippen molar-refractivity contribution in [2.45, 2.75) is 12.5 Å². The molecule has 0 spiro atoms. The van der Waals surface area contributed by atoms with Crippen molar-refractivity contribution in [3.63, 3.8) is 0 Å². The average molecular weight is 130 g/mol. The highest BCUT2D eigenvalue weighted by Crippen LogP contribution is 2.02. The fraction of sp³-hybridized carbons (Fsp3) is 0.833. The fourth-order valence-corrected chi connectivity index (χ4v) is 0.780. The number of ether oxygens (including phenoxy) is 2. The summed E-state index contributed by atoms with van der Waals surface area (Å²) in [5.74, 6) is 0. The van der Waals surface area contributed by atoms with Crippen molar-refractivity contribution < 1.29 is 14.3 Å². The van der Waals surface area contributed by atoms with Gasteiger partial charge in [-0.3, -0.25) is 0 Å². The Morgan fingerprint density at radius 1 is 1.56 bits per heavy atom. The van der Waals surface area contributed by atoms with Crippen molar-refractivity contribution in [3.8, 4) is 0 Å². The second-order valence-electron chi connectivity index (χ2n) is 1.97. The van der Waals surface area contributed by atoms with Gasteiger partial charge in [0.2, 0.25) is 0 Å². The van der Waals surface area contributed by atoms with Gasteiger partial charge in [0.1, 0.15) is 6.29 Å². The van der Waals surface area contributed by atoms with E-state index in [-0.39, 0.29) is 6.10 Å².